The largest absolute Gasteiger partial charge is 0.493 e. The monoisotopic (exact) mass is 260 g/mol. The minimum absolute atomic E-state index is 0.287. The first-order chi connectivity index (χ1) is 9.20. The maximum Gasteiger partial charge on any atom is 0.330 e. The minimum Gasteiger partial charge on any atom is -0.493 e. The van der Waals surface area contributed by atoms with Crippen molar-refractivity contribution in [2.45, 2.75) is 20.3 Å². The lowest BCUT2D eigenvalue weighted by Crippen LogP contribution is -2.04. The summed E-state index contributed by atoms with van der Waals surface area (Å²) in [7, 11) is 0. The van der Waals surface area contributed by atoms with Gasteiger partial charge in [-0.05, 0) is 37.3 Å². The fourth-order valence-corrected chi connectivity index (χ4v) is 1.93. The van der Waals surface area contributed by atoms with E-state index in [-0.39, 0.29) is 5.97 Å². The number of hydrogen-bond donors (Lipinski definition) is 0. The van der Waals surface area contributed by atoms with Crippen molar-refractivity contribution in [1.29, 1.82) is 0 Å². The van der Waals surface area contributed by atoms with Gasteiger partial charge in [0.2, 0.25) is 0 Å². The molecule has 19 heavy (non-hydrogen) atoms. The van der Waals surface area contributed by atoms with Crippen LogP contribution in [0, 0.1) is 11.8 Å². The summed E-state index contributed by atoms with van der Waals surface area (Å²) in [4.78, 5) is 11.6. The Labute approximate surface area is 114 Å². The molecule has 0 aliphatic heterocycles. The van der Waals surface area contributed by atoms with Gasteiger partial charge in [0.05, 0.1) is 13.2 Å². The normalized spacial score (nSPS) is 21.4. The van der Waals surface area contributed by atoms with E-state index in [1.54, 1.807) is 6.08 Å². The lowest BCUT2D eigenvalue weighted by Gasteiger charge is -2.06. The second kappa shape index (κ2) is 6.41. The maximum absolute atomic E-state index is 11.6. The van der Waals surface area contributed by atoms with E-state index in [4.69, 9.17) is 9.47 Å². The van der Waals surface area contributed by atoms with E-state index in [2.05, 4.69) is 6.92 Å². The second-order valence-corrected chi connectivity index (χ2v) is 4.91. The molecule has 2 atom stereocenters. The van der Waals surface area contributed by atoms with E-state index in [0.717, 1.165) is 11.3 Å². The van der Waals surface area contributed by atoms with Gasteiger partial charge in [-0.3, -0.25) is 0 Å². The Hall–Kier alpha value is -1.77. The third-order valence-electron chi connectivity index (χ3n) is 3.33. The van der Waals surface area contributed by atoms with E-state index in [0.29, 0.717) is 25.0 Å². The van der Waals surface area contributed by atoms with Gasteiger partial charge in [0.25, 0.3) is 0 Å². The van der Waals surface area contributed by atoms with Crippen LogP contribution in [0.1, 0.15) is 25.8 Å². The van der Waals surface area contributed by atoms with Gasteiger partial charge in [0.15, 0.2) is 0 Å². The molecule has 0 radical (unpaired) electrons. The van der Waals surface area contributed by atoms with Crippen molar-refractivity contribution in [3.05, 3.63) is 35.9 Å². The van der Waals surface area contributed by atoms with Gasteiger partial charge in [-0.1, -0.05) is 25.1 Å². The van der Waals surface area contributed by atoms with Gasteiger partial charge in [0.1, 0.15) is 5.75 Å². The topological polar surface area (TPSA) is 35.5 Å². The van der Waals surface area contributed by atoms with E-state index >= 15 is 0 Å². The first-order valence-electron chi connectivity index (χ1n) is 6.77. The van der Waals surface area contributed by atoms with Crippen molar-refractivity contribution >= 4 is 12.0 Å². The Kier molecular flexibility index (Phi) is 4.61. The molecular weight excluding hydrogens is 240 g/mol. The van der Waals surface area contributed by atoms with Gasteiger partial charge in [-0.2, -0.15) is 0 Å². The van der Waals surface area contributed by atoms with E-state index in [1.165, 1.54) is 12.5 Å². The molecular formula is C16H20O3. The van der Waals surface area contributed by atoms with Gasteiger partial charge in [0, 0.05) is 11.6 Å². The standard InChI is InChI=1S/C16H20O3/c1-3-18-15-7-5-4-6-13(15)8-9-16(17)19-11-14-10-12(14)2/h4-9,12,14H,3,10-11H2,1-2H3/b9-8+. The van der Waals surface area contributed by atoms with Crippen LogP contribution in [0.3, 0.4) is 0 Å². The van der Waals surface area contributed by atoms with Crippen LogP contribution in [0.5, 0.6) is 5.75 Å². The third kappa shape index (κ3) is 4.12. The first kappa shape index (κ1) is 13.7. The average molecular weight is 260 g/mol. The lowest BCUT2D eigenvalue weighted by atomic mass is 10.2. The molecule has 1 aromatic carbocycles. The number of para-hydroxylation sites is 1. The second-order valence-electron chi connectivity index (χ2n) is 4.91. The van der Waals surface area contributed by atoms with Crippen LogP contribution < -0.4 is 4.74 Å². The summed E-state index contributed by atoms with van der Waals surface area (Å²) in [5.74, 6) is 1.76. The van der Waals surface area contributed by atoms with Crippen molar-refractivity contribution < 1.29 is 14.3 Å². The van der Waals surface area contributed by atoms with Gasteiger partial charge >= 0.3 is 5.97 Å². The summed E-state index contributed by atoms with van der Waals surface area (Å²) in [6, 6.07) is 7.63. The van der Waals surface area contributed by atoms with Crippen molar-refractivity contribution in [2.75, 3.05) is 13.2 Å². The first-order valence-corrected chi connectivity index (χ1v) is 6.77. The van der Waals surface area contributed by atoms with Crippen LogP contribution in [-0.4, -0.2) is 19.2 Å². The van der Waals surface area contributed by atoms with Crippen molar-refractivity contribution in [1.82, 2.24) is 0 Å². The number of esters is 1. The molecule has 0 bridgehead atoms. The van der Waals surface area contributed by atoms with Crippen LogP contribution in [0.15, 0.2) is 30.3 Å². The quantitative estimate of drug-likeness (QED) is 0.581. The molecule has 1 aromatic rings. The number of benzene rings is 1. The molecule has 0 N–H and O–H groups in total. The number of rotatable bonds is 6. The zero-order chi connectivity index (χ0) is 13.7. The molecule has 1 fully saturated rings. The summed E-state index contributed by atoms with van der Waals surface area (Å²) < 4.78 is 10.7. The Morgan fingerprint density at radius 1 is 1.42 bits per heavy atom. The molecule has 0 heterocycles. The highest BCUT2D eigenvalue weighted by molar-refractivity contribution is 5.87. The molecule has 2 rings (SSSR count). The van der Waals surface area contributed by atoms with Crippen LogP contribution in [0.4, 0.5) is 0 Å². The maximum atomic E-state index is 11.6. The molecule has 1 aliphatic rings. The molecule has 2 unspecified atom stereocenters. The number of carbonyl (C=O) groups excluding carboxylic acids is 1. The Morgan fingerprint density at radius 3 is 2.84 bits per heavy atom. The summed E-state index contributed by atoms with van der Waals surface area (Å²) in [5, 5.41) is 0. The number of carbonyl (C=O) groups is 1. The van der Waals surface area contributed by atoms with Crippen molar-refractivity contribution in [3.8, 4) is 5.75 Å². The molecule has 0 spiro atoms. The van der Waals surface area contributed by atoms with Crippen molar-refractivity contribution in [2.24, 2.45) is 11.8 Å². The van der Waals surface area contributed by atoms with Crippen LogP contribution in [0.2, 0.25) is 0 Å². The SMILES string of the molecule is CCOc1ccccc1/C=C/C(=O)OCC1CC1C. The van der Waals surface area contributed by atoms with Gasteiger partial charge in [-0.15, -0.1) is 0 Å². The highest BCUT2D eigenvalue weighted by Crippen LogP contribution is 2.37. The predicted molar refractivity (Wildman–Crippen MR) is 74.9 cm³/mol. The average Bonchev–Trinajstić information content (AvgIpc) is 3.12. The number of hydrogen-bond acceptors (Lipinski definition) is 3. The molecule has 3 nitrogen and oxygen atoms in total. The fraction of sp³-hybridized carbons (Fsp3) is 0.438. The Bertz CT molecular complexity index is 465. The zero-order valence-electron chi connectivity index (χ0n) is 11.5. The highest BCUT2D eigenvalue weighted by atomic mass is 16.5. The smallest absolute Gasteiger partial charge is 0.330 e. The van der Waals surface area contributed by atoms with Gasteiger partial charge < -0.3 is 9.47 Å². The number of ether oxygens (including phenoxy) is 2. The molecule has 0 amide bonds. The van der Waals surface area contributed by atoms with Crippen LogP contribution >= 0.6 is 0 Å². The van der Waals surface area contributed by atoms with Crippen LogP contribution in [-0.2, 0) is 9.53 Å². The lowest BCUT2D eigenvalue weighted by molar-refractivity contribution is -0.138. The molecule has 0 saturated heterocycles. The highest BCUT2D eigenvalue weighted by Gasteiger charge is 2.33. The Balaban J connectivity index is 1.88. The van der Waals surface area contributed by atoms with E-state index in [9.17, 15) is 4.79 Å². The Morgan fingerprint density at radius 2 is 2.16 bits per heavy atom. The minimum atomic E-state index is -0.287. The molecule has 0 aromatic heterocycles. The molecule has 1 aliphatic carbocycles. The molecule has 102 valence electrons. The summed E-state index contributed by atoms with van der Waals surface area (Å²) in [5.41, 5.74) is 0.890. The molecule has 1 saturated carbocycles. The van der Waals surface area contributed by atoms with Gasteiger partial charge in [-0.25, -0.2) is 4.79 Å². The van der Waals surface area contributed by atoms with Crippen molar-refractivity contribution in [3.63, 3.8) is 0 Å². The van der Waals surface area contributed by atoms with E-state index in [1.807, 2.05) is 31.2 Å². The summed E-state index contributed by atoms with van der Waals surface area (Å²) >= 11 is 0. The predicted octanol–water partition coefficient (Wildman–Crippen LogP) is 3.30. The molecule has 3 heteroatoms. The third-order valence-corrected chi connectivity index (χ3v) is 3.33. The summed E-state index contributed by atoms with van der Waals surface area (Å²) in [6.45, 7) is 5.25. The zero-order valence-corrected chi connectivity index (χ0v) is 11.5. The summed E-state index contributed by atoms with van der Waals surface area (Å²) in [6.07, 6.45) is 4.37. The van der Waals surface area contributed by atoms with E-state index < -0.39 is 0 Å². The fourth-order valence-electron chi connectivity index (χ4n) is 1.93. The van der Waals surface area contributed by atoms with Crippen LogP contribution in [0.25, 0.3) is 6.08 Å².